The molecule has 3 rings (SSSR count). The standard InChI is InChI=1S/C16H22N2/c1-16(2,3)12-8-9-14-15(10-12)18(11-17-14)13-6-4-5-7-13/h8-11,13H,4-7H2,1-3H3. The molecule has 0 bridgehead atoms. The van der Waals surface area contributed by atoms with Crippen molar-refractivity contribution in [2.24, 2.45) is 0 Å². The van der Waals surface area contributed by atoms with E-state index in [4.69, 9.17) is 0 Å². The van der Waals surface area contributed by atoms with Gasteiger partial charge in [-0.1, -0.05) is 39.7 Å². The molecule has 0 amide bonds. The van der Waals surface area contributed by atoms with Crippen molar-refractivity contribution in [2.75, 3.05) is 0 Å². The van der Waals surface area contributed by atoms with Crippen LogP contribution < -0.4 is 0 Å². The number of benzene rings is 1. The van der Waals surface area contributed by atoms with E-state index in [1.807, 2.05) is 6.33 Å². The van der Waals surface area contributed by atoms with Gasteiger partial charge in [0, 0.05) is 6.04 Å². The van der Waals surface area contributed by atoms with Gasteiger partial charge in [-0.25, -0.2) is 4.98 Å². The first kappa shape index (κ1) is 11.8. The number of fused-ring (bicyclic) bond motifs is 1. The van der Waals surface area contributed by atoms with Crippen molar-refractivity contribution >= 4 is 11.0 Å². The minimum atomic E-state index is 0.207. The predicted octanol–water partition coefficient (Wildman–Crippen LogP) is 4.45. The summed E-state index contributed by atoms with van der Waals surface area (Å²) in [6.07, 6.45) is 7.39. The third-order valence-corrected chi connectivity index (χ3v) is 4.16. The highest BCUT2D eigenvalue weighted by molar-refractivity contribution is 5.76. The molecule has 1 aliphatic carbocycles. The SMILES string of the molecule is CC(C)(C)c1ccc2ncn(C3CCCC3)c2c1. The van der Waals surface area contributed by atoms with Crippen LogP contribution in [-0.2, 0) is 5.41 Å². The van der Waals surface area contributed by atoms with Crippen LogP contribution in [0, 0.1) is 0 Å². The van der Waals surface area contributed by atoms with E-state index in [1.54, 1.807) is 0 Å². The number of hydrogen-bond acceptors (Lipinski definition) is 1. The van der Waals surface area contributed by atoms with Gasteiger partial charge < -0.3 is 4.57 Å². The lowest BCUT2D eigenvalue weighted by Crippen LogP contribution is -2.11. The molecule has 2 nitrogen and oxygen atoms in total. The molecule has 1 heterocycles. The van der Waals surface area contributed by atoms with Gasteiger partial charge in [-0.15, -0.1) is 0 Å². The zero-order chi connectivity index (χ0) is 12.8. The van der Waals surface area contributed by atoms with Crippen LogP contribution in [-0.4, -0.2) is 9.55 Å². The highest BCUT2D eigenvalue weighted by Gasteiger charge is 2.20. The van der Waals surface area contributed by atoms with Crippen molar-refractivity contribution in [3.63, 3.8) is 0 Å². The Morgan fingerprint density at radius 2 is 1.89 bits per heavy atom. The maximum absolute atomic E-state index is 4.55. The molecule has 18 heavy (non-hydrogen) atoms. The number of imidazole rings is 1. The van der Waals surface area contributed by atoms with E-state index < -0.39 is 0 Å². The molecule has 0 unspecified atom stereocenters. The van der Waals surface area contributed by atoms with E-state index in [-0.39, 0.29) is 5.41 Å². The minimum Gasteiger partial charge on any atom is -0.327 e. The molecule has 1 aliphatic rings. The van der Waals surface area contributed by atoms with Gasteiger partial charge in [-0.2, -0.15) is 0 Å². The second kappa shape index (κ2) is 4.11. The highest BCUT2D eigenvalue weighted by Crippen LogP contribution is 2.33. The Labute approximate surface area is 109 Å². The number of rotatable bonds is 1. The zero-order valence-electron chi connectivity index (χ0n) is 11.6. The molecule has 1 aromatic carbocycles. The molecule has 0 saturated heterocycles. The lowest BCUT2D eigenvalue weighted by molar-refractivity contribution is 0.531. The van der Waals surface area contributed by atoms with Gasteiger partial charge in [0.15, 0.2) is 0 Å². The molecule has 2 heteroatoms. The second-order valence-corrected chi connectivity index (χ2v) is 6.54. The second-order valence-electron chi connectivity index (χ2n) is 6.54. The van der Waals surface area contributed by atoms with Crippen molar-refractivity contribution < 1.29 is 0 Å². The molecular weight excluding hydrogens is 220 g/mol. The van der Waals surface area contributed by atoms with Crippen LogP contribution in [0.15, 0.2) is 24.5 Å². The van der Waals surface area contributed by atoms with E-state index in [0.717, 1.165) is 5.52 Å². The van der Waals surface area contributed by atoms with Crippen molar-refractivity contribution in [1.29, 1.82) is 0 Å². The lowest BCUT2D eigenvalue weighted by Gasteiger charge is -2.20. The van der Waals surface area contributed by atoms with Crippen LogP contribution in [0.1, 0.15) is 58.1 Å². The number of aromatic nitrogens is 2. The summed E-state index contributed by atoms with van der Waals surface area (Å²) in [5.74, 6) is 0. The first-order valence-electron chi connectivity index (χ1n) is 7.03. The van der Waals surface area contributed by atoms with Crippen molar-refractivity contribution in [3.8, 4) is 0 Å². The Kier molecular flexibility index (Phi) is 2.69. The molecule has 0 atom stereocenters. The normalized spacial score (nSPS) is 17.7. The fraction of sp³-hybridized carbons (Fsp3) is 0.562. The Balaban J connectivity index is 2.10. The third kappa shape index (κ3) is 1.94. The Morgan fingerprint density at radius 3 is 2.56 bits per heavy atom. The Bertz CT molecular complexity index is 554. The molecule has 0 N–H and O–H groups in total. The highest BCUT2D eigenvalue weighted by atomic mass is 15.1. The van der Waals surface area contributed by atoms with E-state index in [0.29, 0.717) is 6.04 Å². The monoisotopic (exact) mass is 242 g/mol. The lowest BCUT2D eigenvalue weighted by atomic mass is 9.87. The summed E-state index contributed by atoms with van der Waals surface area (Å²) in [7, 11) is 0. The van der Waals surface area contributed by atoms with Gasteiger partial charge >= 0.3 is 0 Å². The summed E-state index contributed by atoms with van der Waals surface area (Å²) in [5, 5.41) is 0. The number of nitrogens with zero attached hydrogens (tertiary/aromatic N) is 2. The van der Waals surface area contributed by atoms with Crippen LogP contribution in [0.2, 0.25) is 0 Å². The van der Waals surface area contributed by atoms with Gasteiger partial charge in [0.05, 0.1) is 17.4 Å². The van der Waals surface area contributed by atoms with Crippen molar-refractivity contribution in [2.45, 2.75) is 57.9 Å². The predicted molar refractivity (Wildman–Crippen MR) is 75.9 cm³/mol. The quantitative estimate of drug-likeness (QED) is 0.722. The minimum absolute atomic E-state index is 0.207. The molecule has 1 saturated carbocycles. The maximum atomic E-state index is 4.55. The summed E-state index contributed by atoms with van der Waals surface area (Å²) in [5.41, 5.74) is 4.05. The van der Waals surface area contributed by atoms with Gasteiger partial charge in [0.1, 0.15) is 0 Å². The van der Waals surface area contributed by atoms with Gasteiger partial charge in [-0.3, -0.25) is 0 Å². The summed E-state index contributed by atoms with van der Waals surface area (Å²) in [6.45, 7) is 6.80. The topological polar surface area (TPSA) is 17.8 Å². The van der Waals surface area contributed by atoms with E-state index >= 15 is 0 Å². The van der Waals surface area contributed by atoms with Crippen LogP contribution in [0.3, 0.4) is 0 Å². The molecule has 1 aromatic heterocycles. The summed E-state index contributed by atoms with van der Waals surface area (Å²) >= 11 is 0. The van der Waals surface area contributed by atoms with Crippen molar-refractivity contribution in [3.05, 3.63) is 30.1 Å². The molecule has 0 aliphatic heterocycles. The molecular formula is C16H22N2. The summed E-state index contributed by atoms with van der Waals surface area (Å²) in [4.78, 5) is 4.55. The molecule has 1 fully saturated rings. The Morgan fingerprint density at radius 1 is 1.17 bits per heavy atom. The summed E-state index contributed by atoms with van der Waals surface area (Å²) in [6, 6.07) is 7.39. The Hall–Kier alpha value is -1.31. The van der Waals surface area contributed by atoms with E-state index in [2.05, 4.69) is 48.5 Å². The molecule has 2 aromatic rings. The van der Waals surface area contributed by atoms with E-state index in [9.17, 15) is 0 Å². The zero-order valence-corrected chi connectivity index (χ0v) is 11.6. The fourth-order valence-electron chi connectivity index (χ4n) is 2.97. The molecule has 0 radical (unpaired) electrons. The molecule has 96 valence electrons. The van der Waals surface area contributed by atoms with Gasteiger partial charge in [-0.05, 0) is 36.0 Å². The van der Waals surface area contributed by atoms with Gasteiger partial charge in [0.25, 0.3) is 0 Å². The maximum Gasteiger partial charge on any atom is 0.0960 e. The number of hydrogen-bond donors (Lipinski definition) is 0. The van der Waals surface area contributed by atoms with Crippen LogP contribution >= 0.6 is 0 Å². The van der Waals surface area contributed by atoms with Crippen LogP contribution in [0.5, 0.6) is 0 Å². The smallest absolute Gasteiger partial charge is 0.0960 e. The average Bonchev–Trinajstić information content (AvgIpc) is 2.95. The average molecular weight is 242 g/mol. The summed E-state index contributed by atoms with van der Waals surface area (Å²) < 4.78 is 2.40. The fourth-order valence-corrected chi connectivity index (χ4v) is 2.97. The van der Waals surface area contributed by atoms with Gasteiger partial charge in [0.2, 0.25) is 0 Å². The van der Waals surface area contributed by atoms with E-state index in [1.165, 1.54) is 36.8 Å². The first-order valence-corrected chi connectivity index (χ1v) is 7.03. The molecule has 0 spiro atoms. The van der Waals surface area contributed by atoms with Crippen molar-refractivity contribution in [1.82, 2.24) is 9.55 Å². The van der Waals surface area contributed by atoms with Crippen LogP contribution in [0.4, 0.5) is 0 Å². The third-order valence-electron chi connectivity index (χ3n) is 4.16. The first-order chi connectivity index (χ1) is 8.55. The largest absolute Gasteiger partial charge is 0.327 e. The van der Waals surface area contributed by atoms with Crippen LogP contribution in [0.25, 0.3) is 11.0 Å².